The first-order valence-electron chi connectivity index (χ1n) is 5.87. The highest BCUT2D eigenvalue weighted by Crippen LogP contribution is 1.97. The topological polar surface area (TPSA) is 66.9 Å². The highest BCUT2D eigenvalue weighted by atomic mass is 16.1. The first kappa shape index (κ1) is 23.0. The van der Waals surface area contributed by atoms with Gasteiger partial charge in [0.1, 0.15) is 0 Å². The van der Waals surface area contributed by atoms with Crippen LogP contribution in [-0.4, -0.2) is 5.91 Å². The lowest BCUT2D eigenvalue weighted by Crippen LogP contribution is -2.04. The van der Waals surface area contributed by atoms with E-state index < -0.39 is 5.91 Å². The zero-order valence-corrected chi connectivity index (χ0v) is 12.2. The van der Waals surface area contributed by atoms with Crippen molar-refractivity contribution in [3.05, 3.63) is 93.1 Å². The summed E-state index contributed by atoms with van der Waals surface area (Å²) in [4.78, 5) is 9.47. The quantitative estimate of drug-likeness (QED) is 0.516. The van der Waals surface area contributed by atoms with Gasteiger partial charge >= 0.3 is 0 Å². The maximum absolute atomic E-state index is 9.47. The predicted octanol–water partition coefficient (Wildman–Crippen LogP) is 4.04. The lowest BCUT2D eigenvalue weighted by molar-refractivity contribution is -0.113. The van der Waals surface area contributed by atoms with Gasteiger partial charge in [0, 0.05) is 6.08 Å². The minimum Gasteiger partial charge on any atom is -0.366 e. The van der Waals surface area contributed by atoms with Gasteiger partial charge in [-0.05, 0) is 11.6 Å². The molecule has 0 fully saturated rings. The number of nitriles is 1. The first-order valence-corrected chi connectivity index (χ1v) is 5.87. The third kappa shape index (κ3) is 31.6. The van der Waals surface area contributed by atoms with Crippen molar-refractivity contribution in [2.45, 2.75) is 0 Å². The number of nitrogens with two attached hydrogens (primary N) is 1. The fraction of sp³-hybridized carbons (Fsp3) is 0. The van der Waals surface area contributed by atoms with Crippen molar-refractivity contribution in [2.24, 2.45) is 5.73 Å². The van der Waals surface area contributed by atoms with Gasteiger partial charge in [0.2, 0.25) is 5.91 Å². The van der Waals surface area contributed by atoms with Crippen LogP contribution in [0.5, 0.6) is 0 Å². The highest BCUT2D eigenvalue weighted by molar-refractivity contribution is 5.84. The van der Waals surface area contributed by atoms with Crippen LogP contribution in [-0.2, 0) is 4.79 Å². The third-order valence-corrected chi connectivity index (χ3v) is 1.49. The van der Waals surface area contributed by atoms with Crippen LogP contribution in [0.4, 0.5) is 0 Å². The Morgan fingerprint density at radius 3 is 1.57 bits per heavy atom. The smallest absolute Gasteiger partial charge is 0.240 e. The number of carbonyl (C=O) groups excluding carboxylic acids is 1. The van der Waals surface area contributed by atoms with Gasteiger partial charge in [-0.2, -0.15) is 5.26 Å². The maximum atomic E-state index is 9.47. The van der Waals surface area contributed by atoms with Crippen molar-refractivity contribution in [1.82, 2.24) is 0 Å². The number of amides is 1. The van der Waals surface area contributed by atoms with E-state index >= 15 is 0 Å². The second kappa shape index (κ2) is 22.1. The van der Waals surface area contributed by atoms with E-state index in [0.29, 0.717) is 0 Å². The minimum absolute atomic E-state index is 0.481. The molecule has 0 spiro atoms. The standard InChI is InChI=1S/C8H8.C4H6.C3H5NO.C3H3N/c1-2-8-6-4-3-5-7-8;1-3-4-2;1-2-3(4)5;1-2-3-4/h2-7H,1H2;3-4H,1-2H2;2H,1H2,(H2,4,5);2H,1H2. The molecule has 1 aromatic carbocycles. The average Bonchev–Trinajstić information content (AvgIpc) is 2.56. The summed E-state index contributed by atoms with van der Waals surface area (Å²) in [7, 11) is 0. The molecule has 110 valence electrons. The summed E-state index contributed by atoms with van der Waals surface area (Å²) >= 11 is 0. The highest BCUT2D eigenvalue weighted by Gasteiger charge is 1.75. The number of primary amides is 1. The summed E-state index contributed by atoms with van der Waals surface area (Å²) in [5.41, 5.74) is 5.71. The normalized spacial score (nSPS) is 6.43. The molecule has 21 heavy (non-hydrogen) atoms. The van der Waals surface area contributed by atoms with E-state index in [2.05, 4.69) is 38.6 Å². The van der Waals surface area contributed by atoms with Gasteiger partial charge in [-0.3, -0.25) is 4.79 Å². The zero-order chi connectivity index (χ0) is 16.9. The van der Waals surface area contributed by atoms with Crippen LogP contribution < -0.4 is 5.73 Å². The number of benzene rings is 1. The number of nitrogens with zero attached hydrogens (tertiary/aromatic N) is 1. The number of allylic oxidation sites excluding steroid dienone is 3. The molecule has 1 rings (SSSR count). The van der Waals surface area contributed by atoms with Gasteiger partial charge in [-0.25, -0.2) is 0 Å². The van der Waals surface area contributed by atoms with Gasteiger partial charge in [-0.1, -0.05) is 81.5 Å². The molecule has 0 aliphatic carbocycles. The van der Waals surface area contributed by atoms with Crippen LogP contribution in [0.15, 0.2) is 87.5 Å². The van der Waals surface area contributed by atoms with Crippen LogP contribution in [0.2, 0.25) is 0 Å². The molecule has 0 saturated carbocycles. The Morgan fingerprint density at radius 1 is 1.05 bits per heavy atom. The van der Waals surface area contributed by atoms with Crippen LogP contribution in [0.3, 0.4) is 0 Å². The van der Waals surface area contributed by atoms with Crippen LogP contribution in [0.25, 0.3) is 6.08 Å². The molecule has 3 heteroatoms. The van der Waals surface area contributed by atoms with E-state index in [1.165, 1.54) is 11.6 Å². The molecule has 3 nitrogen and oxygen atoms in total. The SMILES string of the molecule is C=CC#N.C=CC(N)=O.C=CC=C.C=Cc1ccccc1. The summed E-state index contributed by atoms with van der Waals surface area (Å²) in [5, 5.41) is 7.51. The summed E-state index contributed by atoms with van der Waals surface area (Å²) in [6.45, 7) is 16.6. The molecule has 0 saturated heterocycles. The molecule has 1 amide bonds. The Kier molecular flexibility index (Phi) is 24.2. The summed E-state index contributed by atoms with van der Waals surface area (Å²) in [6, 6.07) is 11.7. The molecule has 0 heterocycles. The second-order valence-electron chi connectivity index (χ2n) is 3.03. The number of hydrogen-bond acceptors (Lipinski definition) is 2. The van der Waals surface area contributed by atoms with Crippen molar-refractivity contribution in [3.8, 4) is 6.07 Å². The molecule has 0 aromatic heterocycles. The van der Waals surface area contributed by atoms with E-state index in [0.717, 1.165) is 6.08 Å². The molecule has 1 aromatic rings. The van der Waals surface area contributed by atoms with Gasteiger partial charge < -0.3 is 5.73 Å². The number of carbonyl (C=O) groups is 1. The molecular weight excluding hydrogens is 260 g/mol. The molecule has 0 atom stereocenters. The predicted molar refractivity (Wildman–Crippen MR) is 92.1 cm³/mol. The van der Waals surface area contributed by atoms with Gasteiger partial charge in [-0.15, -0.1) is 0 Å². The first-order chi connectivity index (χ1) is 10.0. The minimum atomic E-state index is -0.481. The maximum Gasteiger partial charge on any atom is 0.240 e. The van der Waals surface area contributed by atoms with E-state index in [4.69, 9.17) is 5.26 Å². The van der Waals surface area contributed by atoms with Crippen LogP contribution >= 0.6 is 0 Å². The Hall–Kier alpha value is -3.12. The Morgan fingerprint density at radius 2 is 1.43 bits per heavy atom. The monoisotopic (exact) mass is 282 g/mol. The molecule has 0 radical (unpaired) electrons. The Labute approximate surface area is 127 Å². The summed E-state index contributed by atoms with van der Waals surface area (Å²) < 4.78 is 0. The molecule has 0 unspecified atom stereocenters. The fourth-order valence-corrected chi connectivity index (χ4v) is 0.589. The van der Waals surface area contributed by atoms with Gasteiger partial charge in [0.25, 0.3) is 0 Å². The van der Waals surface area contributed by atoms with E-state index in [9.17, 15) is 4.79 Å². The lowest BCUT2D eigenvalue weighted by Gasteiger charge is -1.85. The van der Waals surface area contributed by atoms with E-state index in [1.54, 1.807) is 18.2 Å². The molecule has 0 bridgehead atoms. The zero-order valence-electron chi connectivity index (χ0n) is 12.2. The summed E-state index contributed by atoms with van der Waals surface area (Å²) in [6.07, 6.45) is 7.35. The Balaban J connectivity index is -0.000000219. The molecule has 0 aliphatic rings. The molecule has 0 aliphatic heterocycles. The lowest BCUT2D eigenvalue weighted by atomic mass is 10.2. The fourth-order valence-electron chi connectivity index (χ4n) is 0.589. The molecular formula is C18H22N2O. The summed E-state index contributed by atoms with van der Waals surface area (Å²) in [5.74, 6) is -0.481. The van der Waals surface area contributed by atoms with Crippen LogP contribution in [0.1, 0.15) is 5.56 Å². The van der Waals surface area contributed by atoms with Crippen molar-refractivity contribution in [1.29, 1.82) is 5.26 Å². The second-order valence-corrected chi connectivity index (χ2v) is 3.03. The van der Waals surface area contributed by atoms with Crippen molar-refractivity contribution in [2.75, 3.05) is 0 Å². The number of rotatable bonds is 3. The van der Waals surface area contributed by atoms with Gasteiger partial charge in [0.05, 0.1) is 6.07 Å². The van der Waals surface area contributed by atoms with Crippen molar-refractivity contribution in [3.63, 3.8) is 0 Å². The third-order valence-electron chi connectivity index (χ3n) is 1.49. The van der Waals surface area contributed by atoms with E-state index in [-0.39, 0.29) is 0 Å². The Bertz CT molecular complexity index is 462. The number of hydrogen-bond donors (Lipinski definition) is 1. The average molecular weight is 282 g/mol. The largest absolute Gasteiger partial charge is 0.366 e. The van der Waals surface area contributed by atoms with E-state index in [1.807, 2.05) is 36.4 Å². The van der Waals surface area contributed by atoms with Crippen molar-refractivity contribution >= 4 is 12.0 Å². The van der Waals surface area contributed by atoms with Crippen molar-refractivity contribution < 1.29 is 4.79 Å². The molecule has 2 N–H and O–H groups in total. The van der Waals surface area contributed by atoms with Gasteiger partial charge in [0.15, 0.2) is 0 Å². The van der Waals surface area contributed by atoms with Crippen LogP contribution in [0, 0.1) is 11.3 Å².